The number of nitrogen functional groups attached to an aromatic ring is 2. The molecule has 0 saturated carbocycles. The molecule has 15 nitrogen and oxygen atoms in total. The Morgan fingerprint density at radius 2 is 2.12 bits per heavy atom. The zero-order chi connectivity index (χ0) is 30.1. The summed E-state index contributed by atoms with van der Waals surface area (Å²) in [6.07, 6.45) is 1.77. The molecule has 0 bridgehead atoms. The van der Waals surface area contributed by atoms with Crippen molar-refractivity contribution in [3.8, 4) is 0 Å². The number of amides is 2. The Bertz CT molecular complexity index is 1480. The van der Waals surface area contributed by atoms with Crippen molar-refractivity contribution in [2.45, 2.75) is 42.4 Å². The fourth-order valence-corrected chi connectivity index (χ4v) is 6.76. The number of nitrogens with one attached hydrogen (secondary N) is 1. The topological polar surface area (TPSA) is 230 Å². The Labute approximate surface area is 246 Å². The van der Waals surface area contributed by atoms with Gasteiger partial charge in [-0.2, -0.15) is 0 Å². The van der Waals surface area contributed by atoms with Crippen LogP contribution >= 0.6 is 34.9 Å². The van der Waals surface area contributed by atoms with Crippen molar-refractivity contribution >= 4 is 75.3 Å². The van der Waals surface area contributed by atoms with Gasteiger partial charge >= 0.3 is 11.1 Å². The van der Waals surface area contributed by atoms with Gasteiger partial charge in [0.05, 0.1) is 24.9 Å². The zero-order valence-corrected chi connectivity index (χ0v) is 24.5. The number of hydrogen-bond acceptors (Lipinski definition) is 14. The third-order valence-corrected chi connectivity index (χ3v) is 9.49. The monoisotopic (exact) mass is 622 g/mol. The number of thiazole rings is 1. The summed E-state index contributed by atoms with van der Waals surface area (Å²) < 4.78 is 1.73. The van der Waals surface area contributed by atoms with Gasteiger partial charge in [0.2, 0.25) is 11.4 Å². The van der Waals surface area contributed by atoms with Gasteiger partial charge in [0.25, 0.3) is 11.8 Å². The van der Waals surface area contributed by atoms with E-state index < -0.39 is 40.8 Å². The van der Waals surface area contributed by atoms with Crippen LogP contribution in [0.5, 0.6) is 0 Å². The highest BCUT2D eigenvalue weighted by Gasteiger charge is 2.53. The Hall–Kier alpha value is -3.90. The van der Waals surface area contributed by atoms with Crippen LogP contribution < -0.4 is 26.5 Å². The molecule has 18 heteroatoms. The van der Waals surface area contributed by atoms with E-state index >= 15 is 0 Å². The first-order chi connectivity index (χ1) is 19.4. The quantitative estimate of drug-likeness (QED) is 0.0571. The number of carbonyl (C=O) groups excluding carboxylic acids is 3. The highest BCUT2D eigenvalue weighted by Crippen LogP contribution is 2.41. The molecule has 2 aliphatic heterocycles. The number of aryl methyl sites for hydroxylation is 1. The molecule has 218 valence electrons. The highest BCUT2D eigenvalue weighted by molar-refractivity contribution is 8.01. The lowest BCUT2D eigenvalue weighted by Gasteiger charge is -2.50. The Morgan fingerprint density at radius 3 is 2.73 bits per heavy atom. The van der Waals surface area contributed by atoms with E-state index in [9.17, 15) is 29.4 Å². The Morgan fingerprint density at radius 1 is 1.39 bits per heavy atom. The summed E-state index contributed by atoms with van der Waals surface area (Å²) in [5, 5.41) is 29.3. The molecule has 0 spiro atoms. The molecule has 4 heterocycles. The average Bonchev–Trinajstić information content (AvgIpc) is 3.36. The molecule has 2 amide bonds. The van der Waals surface area contributed by atoms with Crippen molar-refractivity contribution in [2.75, 3.05) is 23.0 Å². The van der Waals surface area contributed by atoms with Crippen LogP contribution in [0.2, 0.25) is 0 Å². The maximum Gasteiger partial charge on any atom is 0.361 e. The summed E-state index contributed by atoms with van der Waals surface area (Å²) in [4.78, 5) is 64.7. The summed E-state index contributed by atoms with van der Waals surface area (Å²) in [6.45, 7) is 2.87. The largest absolute Gasteiger partial charge is 0.543 e. The van der Waals surface area contributed by atoms with E-state index in [0.717, 1.165) is 16.2 Å². The van der Waals surface area contributed by atoms with Gasteiger partial charge < -0.3 is 36.6 Å². The molecule has 6 N–H and O–H groups in total. The second-order valence-corrected chi connectivity index (χ2v) is 12.1. The fraction of sp³-hybridized carbons (Fsp3) is 0.391. The van der Waals surface area contributed by atoms with Crippen molar-refractivity contribution in [1.82, 2.24) is 20.2 Å². The molecule has 3 atom stereocenters. The molecule has 2 aromatic rings. The van der Waals surface area contributed by atoms with Gasteiger partial charge in [-0.15, -0.1) is 23.1 Å². The molecule has 1 fully saturated rings. The summed E-state index contributed by atoms with van der Waals surface area (Å²) in [5.74, 6) is -3.57. The molecule has 41 heavy (non-hydrogen) atoms. The van der Waals surface area contributed by atoms with Crippen LogP contribution in [0.25, 0.3) is 0 Å². The van der Waals surface area contributed by atoms with E-state index in [1.165, 1.54) is 35.8 Å². The lowest BCUT2D eigenvalue weighted by molar-refractivity contribution is -0.713. The summed E-state index contributed by atoms with van der Waals surface area (Å²) in [5.41, 5.74) is 9.56. The summed E-state index contributed by atoms with van der Waals surface area (Å²) >= 11 is 3.55. The summed E-state index contributed by atoms with van der Waals surface area (Å²) in [7, 11) is 1.77. The molecule has 2 unspecified atom stereocenters. The van der Waals surface area contributed by atoms with E-state index in [1.54, 1.807) is 30.8 Å². The molecule has 2 aliphatic rings. The Kier molecular flexibility index (Phi) is 8.74. The molecule has 0 aromatic carbocycles. The molecular formula is C23H26N8O7S3. The number of aromatic nitrogens is 3. The van der Waals surface area contributed by atoms with Crippen LogP contribution in [0.3, 0.4) is 0 Å². The number of anilines is 2. The number of rotatable bonds is 11. The number of aliphatic carboxylic acids is 2. The van der Waals surface area contributed by atoms with Crippen LogP contribution in [0, 0.1) is 0 Å². The van der Waals surface area contributed by atoms with Gasteiger partial charge in [0.1, 0.15) is 17.1 Å². The van der Waals surface area contributed by atoms with Crippen molar-refractivity contribution < 1.29 is 38.8 Å². The minimum Gasteiger partial charge on any atom is -0.543 e. The number of nitrogens with zero attached hydrogens (tertiary/aromatic N) is 5. The second kappa shape index (κ2) is 11.9. The van der Waals surface area contributed by atoms with Crippen molar-refractivity contribution in [1.29, 1.82) is 0 Å². The normalized spacial score (nSPS) is 20.1. The summed E-state index contributed by atoms with van der Waals surface area (Å²) in [6, 6.07) is 0.535. The number of hydrogen-bond donors (Lipinski definition) is 4. The number of oxime groups is 1. The number of nitrogens with two attached hydrogens (primary N) is 2. The van der Waals surface area contributed by atoms with Crippen molar-refractivity contribution in [3.05, 3.63) is 34.6 Å². The minimum atomic E-state index is -1.73. The number of carboxylic acid groups (broad SMARTS) is 2. The standard InChI is InChI=1S/C23H26N8O7S3/c1-4-23(2,20(36)37)38-29-13(11-9-40-21(25)26-11)16(32)28-14-17(33)31-15(19(34)35)10(7-39-18(14)31)8-41-22-27-12(24)5-6-30(22)3/h5-6,9,14,18,24H,4,7-8H2,1-3H3,(H5,25,26,28,32,34,35,36,37)/b29-13-/t14?,18-,23?/m1/s1. The average molecular weight is 623 g/mol. The van der Waals surface area contributed by atoms with Gasteiger partial charge in [-0.1, -0.05) is 12.1 Å². The second-order valence-electron chi connectivity index (χ2n) is 9.13. The van der Waals surface area contributed by atoms with E-state index in [2.05, 4.69) is 20.4 Å². The van der Waals surface area contributed by atoms with Crippen molar-refractivity contribution in [3.63, 3.8) is 0 Å². The first-order valence-corrected chi connectivity index (χ1v) is 14.9. The Balaban J connectivity index is 1.53. The van der Waals surface area contributed by atoms with Crippen LogP contribution in [-0.4, -0.2) is 78.0 Å². The van der Waals surface area contributed by atoms with Gasteiger partial charge in [-0.25, -0.2) is 14.3 Å². The molecule has 0 aliphatic carbocycles. The van der Waals surface area contributed by atoms with E-state index in [1.807, 2.05) is 0 Å². The molecule has 4 rings (SSSR count). The number of fused-ring (bicyclic) bond motifs is 1. The number of carboxylic acids is 2. The molecular weight excluding hydrogens is 597 g/mol. The van der Waals surface area contributed by atoms with Crippen LogP contribution in [0.4, 0.5) is 10.9 Å². The minimum absolute atomic E-state index is 0.0201. The molecule has 0 radical (unpaired) electrons. The number of thioether (sulfide) groups is 2. The number of carbonyl (C=O) groups is 4. The van der Waals surface area contributed by atoms with Gasteiger partial charge in [-0.3, -0.25) is 14.5 Å². The smallest absolute Gasteiger partial charge is 0.361 e. The van der Waals surface area contributed by atoms with Crippen LogP contribution in [0.1, 0.15) is 26.0 Å². The third-order valence-electron chi connectivity index (χ3n) is 6.34. The number of β-lactam (4-membered cyclic amide) rings is 1. The van der Waals surface area contributed by atoms with Crippen LogP contribution in [-0.2, 0) is 31.1 Å². The van der Waals surface area contributed by atoms with E-state index in [0.29, 0.717) is 16.5 Å². The van der Waals surface area contributed by atoms with Crippen LogP contribution in [0.15, 0.2) is 39.2 Å². The fourth-order valence-electron chi connectivity index (χ4n) is 3.76. The van der Waals surface area contributed by atoms with Gasteiger partial charge in [0.15, 0.2) is 10.8 Å². The first-order valence-electron chi connectivity index (χ1n) is 12.0. The lowest BCUT2D eigenvalue weighted by Crippen LogP contribution is -2.71. The predicted molar refractivity (Wildman–Crippen MR) is 148 cm³/mol. The van der Waals surface area contributed by atoms with E-state index in [4.69, 9.17) is 16.3 Å². The zero-order valence-electron chi connectivity index (χ0n) is 22.0. The maximum atomic E-state index is 13.3. The SMILES string of the molecule is CCC(C)(O/N=C(\C(=O)NC1C(=O)N2C(C(=O)[O-])=C(CSc3nc(N)cc[n+]3C)CS[C@H]12)c1csc(N)n1)C(=O)O. The first kappa shape index (κ1) is 30.1. The van der Waals surface area contributed by atoms with Gasteiger partial charge in [0, 0.05) is 23.0 Å². The molecule has 1 saturated heterocycles. The van der Waals surface area contributed by atoms with E-state index in [-0.39, 0.29) is 40.2 Å². The van der Waals surface area contributed by atoms with Gasteiger partial charge in [-0.05, 0) is 35.7 Å². The molecule has 2 aromatic heterocycles. The lowest BCUT2D eigenvalue weighted by atomic mass is 10.0. The maximum absolute atomic E-state index is 13.3. The third kappa shape index (κ3) is 6.08. The highest BCUT2D eigenvalue weighted by atomic mass is 32.2. The predicted octanol–water partition coefficient (Wildman–Crippen LogP) is -1.30. The van der Waals surface area contributed by atoms with Crippen molar-refractivity contribution in [2.24, 2.45) is 12.2 Å².